The highest BCUT2D eigenvalue weighted by Gasteiger charge is 2.41. The molecular weight excluding hydrogens is 404 g/mol. The number of hydrogen-bond acceptors (Lipinski definition) is 7. The van der Waals surface area contributed by atoms with Crippen molar-refractivity contribution in [3.63, 3.8) is 0 Å². The van der Waals surface area contributed by atoms with Crippen LogP contribution in [0.4, 0.5) is 5.69 Å². The second-order valence-electron chi connectivity index (χ2n) is 8.61. The summed E-state index contributed by atoms with van der Waals surface area (Å²) in [6.07, 6.45) is -3.12. The van der Waals surface area contributed by atoms with E-state index in [1.807, 2.05) is 0 Å². The normalized spacial score (nSPS) is 21.1. The van der Waals surface area contributed by atoms with Crippen molar-refractivity contribution in [3.05, 3.63) is 29.3 Å². The van der Waals surface area contributed by atoms with Gasteiger partial charge in [0.15, 0.2) is 12.2 Å². The zero-order valence-electron chi connectivity index (χ0n) is 18.4. The fourth-order valence-corrected chi connectivity index (χ4v) is 3.64. The van der Waals surface area contributed by atoms with Crippen LogP contribution >= 0.6 is 0 Å². The van der Waals surface area contributed by atoms with E-state index >= 15 is 0 Å². The van der Waals surface area contributed by atoms with Crippen LogP contribution in [-0.4, -0.2) is 85.1 Å². The van der Waals surface area contributed by atoms with E-state index in [0.29, 0.717) is 43.1 Å². The maximum Gasteiger partial charge on any atom is 0.338 e. The first-order chi connectivity index (χ1) is 14.6. The second-order valence-corrected chi connectivity index (χ2v) is 8.61. The molecule has 0 radical (unpaired) electrons. The molecule has 3 rings (SSSR count). The number of carbonyl (C=O) groups is 3. The second kappa shape index (κ2) is 9.33. The molecule has 1 N–H and O–H groups in total. The Balaban J connectivity index is 1.81. The number of rotatable bonds is 4. The number of amides is 2. The number of morpholine rings is 2. The van der Waals surface area contributed by atoms with Crippen molar-refractivity contribution >= 4 is 23.5 Å². The zero-order chi connectivity index (χ0) is 22.8. The summed E-state index contributed by atoms with van der Waals surface area (Å²) in [6.45, 7) is 9.21. The first-order valence-electron chi connectivity index (χ1n) is 10.4. The predicted octanol–water partition coefficient (Wildman–Crippen LogP) is 0.902. The lowest BCUT2D eigenvalue weighted by molar-refractivity contribution is -0.177. The van der Waals surface area contributed by atoms with Crippen LogP contribution in [0, 0.1) is 6.92 Å². The smallest absolute Gasteiger partial charge is 0.338 e. The predicted molar refractivity (Wildman–Crippen MR) is 112 cm³/mol. The Morgan fingerprint density at radius 1 is 1.16 bits per heavy atom. The van der Waals surface area contributed by atoms with Crippen LogP contribution in [0.25, 0.3) is 0 Å². The van der Waals surface area contributed by atoms with E-state index in [-0.39, 0.29) is 19.1 Å². The van der Waals surface area contributed by atoms with Crippen LogP contribution in [0.3, 0.4) is 0 Å². The van der Waals surface area contributed by atoms with Crippen LogP contribution in [-0.2, 0) is 23.8 Å². The zero-order valence-corrected chi connectivity index (χ0v) is 18.4. The third-order valence-corrected chi connectivity index (χ3v) is 5.18. The van der Waals surface area contributed by atoms with E-state index in [4.69, 9.17) is 14.2 Å². The van der Waals surface area contributed by atoms with E-state index < -0.39 is 29.7 Å². The maximum absolute atomic E-state index is 13.1. The number of aliphatic hydroxyl groups is 1. The fraction of sp³-hybridized carbons (Fsp3) is 0.591. The molecule has 0 aliphatic carbocycles. The van der Waals surface area contributed by atoms with Gasteiger partial charge in [0.1, 0.15) is 5.60 Å². The lowest BCUT2D eigenvalue weighted by Crippen LogP contribution is -2.55. The summed E-state index contributed by atoms with van der Waals surface area (Å²) in [5.74, 6) is -1.59. The van der Waals surface area contributed by atoms with E-state index in [2.05, 4.69) is 0 Å². The minimum atomic E-state index is -1.74. The number of ether oxygens (including phenoxy) is 3. The van der Waals surface area contributed by atoms with Crippen LogP contribution in [0.1, 0.15) is 36.7 Å². The van der Waals surface area contributed by atoms with E-state index in [9.17, 15) is 19.5 Å². The largest absolute Gasteiger partial charge is 0.458 e. The monoisotopic (exact) mass is 434 g/mol. The molecule has 9 heteroatoms. The maximum atomic E-state index is 13.1. The molecule has 2 heterocycles. The number of carbonyl (C=O) groups excluding carboxylic acids is 3. The molecule has 2 aliphatic heterocycles. The van der Waals surface area contributed by atoms with Gasteiger partial charge in [0.2, 0.25) is 0 Å². The molecule has 9 nitrogen and oxygen atoms in total. The third kappa shape index (κ3) is 5.23. The van der Waals surface area contributed by atoms with Gasteiger partial charge in [-0.1, -0.05) is 6.07 Å². The third-order valence-electron chi connectivity index (χ3n) is 5.18. The van der Waals surface area contributed by atoms with Crippen molar-refractivity contribution in [2.45, 2.75) is 45.5 Å². The molecule has 2 fully saturated rings. The summed E-state index contributed by atoms with van der Waals surface area (Å²) in [5.41, 5.74) is 0.900. The molecule has 0 unspecified atom stereocenters. The topological polar surface area (TPSA) is 106 Å². The molecule has 2 aliphatic rings. The van der Waals surface area contributed by atoms with Crippen molar-refractivity contribution in [3.8, 4) is 0 Å². The van der Waals surface area contributed by atoms with Gasteiger partial charge in [0.25, 0.3) is 11.8 Å². The molecule has 2 saturated heterocycles. The van der Waals surface area contributed by atoms with Crippen molar-refractivity contribution in [1.82, 2.24) is 4.90 Å². The number of anilines is 1. The van der Waals surface area contributed by atoms with E-state index in [1.165, 1.54) is 4.90 Å². The average Bonchev–Trinajstić information content (AvgIpc) is 2.73. The summed E-state index contributed by atoms with van der Waals surface area (Å²) < 4.78 is 15.9. The lowest BCUT2D eigenvalue weighted by Gasteiger charge is -2.35. The van der Waals surface area contributed by atoms with Gasteiger partial charge >= 0.3 is 5.97 Å². The summed E-state index contributed by atoms with van der Waals surface area (Å²) in [5, 5.41) is 10.4. The van der Waals surface area contributed by atoms with E-state index in [1.54, 1.807) is 50.8 Å². The van der Waals surface area contributed by atoms with Gasteiger partial charge in [-0.3, -0.25) is 9.59 Å². The molecule has 31 heavy (non-hydrogen) atoms. The fourth-order valence-electron chi connectivity index (χ4n) is 3.64. The van der Waals surface area contributed by atoms with Crippen molar-refractivity contribution < 1.29 is 33.7 Å². The summed E-state index contributed by atoms with van der Waals surface area (Å²) in [7, 11) is 0. The highest BCUT2D eigenvalue weighted by molar-refractivity contribution is 6.03. The average molecular weight is 434 g/mol. The number of esters is 1. The molecule has 1 aromatic rings. The van der Waals surface area contributed by atoms with Gasteiger partial charge in [-0.05, 0) is 45.4 Å². The Morgan fingerprint density at radius 3 is 2.48 bits per heavy atom. The Morgan fingerprint density at radius 2 is 1.84 bits per heavy atom. The van der Waals surface area contributed by atoms with Gasteiger partial charge in [0, 0.05) is 30.9 Å². The Kier molecular flexibility index (Phi) is 6.98. The van der Waals surface area contributed by atoms with E-state index in [0.717, 1.165) is 0 Å². The van der Waals surface area contributed by atoms with Crippen molar-refractivity contribution in [2.75, 3.05) is 44.4 Å². The Bertz CT molecular complexity index is 843. The molecule has 0 spiro atoms. The standard InChI is InChI=1S/C22H30N2O7/c1-14-15(19(26)23-8-11-29-12-9-23)6-5-7-16(14)24-10-13-30-18(20(24)27)17(25)21(28)31-22(2,3)4/h5-7,17-18,25H,8-13H2,1-4H3/t17-,18-/m1/s1. The van der Waals surface area contributed by atoms with Gasteiger partial charge in [-0.2, -0.15) is 0 Å². The van der Waals surface area contributed by atoms with Gasteiger partial charge < -0.3 is 29.1 Å². The first kappa shape index (κ1) is 23.2. The highest BCUT2D eigenvalue weighted by atomic mass is 16.6. The molecular formula is C22H30N2O7. The Hall–Kier alpha value is -2.49. The van der Waals surface area contributed by atoms with Crippen molar-refractivity contribution in [2.24, 2.45) is 0 Å². The summed E-state index contributed by atoms with van der Waals surface area (Å²) in [6, 6.07) is 5.19. The molecule has 0 saturated carbocycles. The van der Waals surface area contributed by atoms with Crippen LogP contribution in [0.2, 0.25) is 0 Å². The first-order valence-corrected chi connectivity index (χ1v) is 10.4. The summed E-state index contributed by atoms with van der Waals surface area (Å²) >= 11 is 0. The minimum Gasteiger partial charge on any atom is -0.458 e. The molecule has 0 bridgehead atoms. The quantitative estimate of drug-likeness (QED) is 0.702. The van der Waals surface area contributed by atoms with Gasteiger partial charge in [-0.15, -0.1) is 0 Å². The van der Waals surface area contributed by atoms with Crippen LogP contribution in [0.15, 0.2) is 18.2 Å². The number of nitrogens with zero attached hydrogens (tertiary/aromatic N) is 2. The minimum absolute atomic E-state index is 0.117. The van der Waals surface area contributed by atoms with Crippen LogP contribution in [0.5, 0.6) is 0 Å². The summed E-state index contributed by atoms with van der Waals surface area (Å²) in [4.78, 5) is 41.5. The van der Waals surface area contributed by atoms with Gasteiger partial charge in [0.05, 0.1) is 19.8 Å². The molecule has 1 aromatic carbocycles. The SMILES string of the molecule is Cc1c(C(=O)N2CCOCC2)cccc1N1CCO[C@H]([C@@H](O)C(=O)OC(C)(C)C)C1=O. The van der Waals surface area contributed by atoms with Crippen molar-refractivity contribution in [1.29, 1.82) is 0 Å². The molecule has 2 amide bonds. The number of aliphatic hydroxyl groups excluding tert-OH is 1. The van der Waals surface area contributed by atoms with Gasteiger partial charge in [-0.25, -0.2) is 4.79 Å². The molecule has 2 atom stereocenters. The molecule has 0 aromatic heterocycles. The Labute approximate surface area is 181 Å². The number of hydrogen-bond donors (Lipinski definition) is 1. The van der Waals surface area contributed by atoms with Crippen LogP contribution < -0.4 is 4.90 Å². The lowest BCUT2D eigenvalue weighted by atomic mass is 10.0. The highest BCUT2D eigenvalue weighted by Crippen LogP contribution is 2.28. The molecule has 170 valence electrons. The number of benzene rings is 1.